The molecule has 1 aliphatic rings. The number of aromatic nitrogens is 3. The van der Waals surface area contributed by atoms with Crippen LogP contribution in [0.2, 0.25) is 0 Å². The maximum absolute atomic E-state index is 12.5. The fourth-order valence-electron chi connectivity index (χ4n) is 3.59. The highest BCUT2D eigenvalue weighted by Gasteiger charge is 2.24. The largest absolute Gasteiger partial charge is 0.465 e. The van der Waals surface area contributed by atoms with Gasteiger partial charge in [0, 0.05) is 32.4 Å². The zero-order valence-electron chi connectivity index (χ0n) is 16.7. The molecule has 0 aromatic carbocycles. The van der Waals surface area contributed by atoms with E-state index in [4.69, 9.17) is 4.42 Å². The minimum atomic E-state index is 0.0254. The van der Waals surface area contributed by atoms with Crippen molar-refractivity contribution in [3.8, 4) is 0 Å². The number of nitrogens with one attached hydrogen (secondary N) is 2. The first-order valence-corrected chi connectivity index (χ1v) is 9.97. The van der Waals surface area contributed by atoms with Crippen LogP contribution in [0.3, 0.4) is 0 Å². The van der Waals surface area contributed by atoms with Crippen LogP contribution >= 0.6 is 0 Å². The summed E-state index contributed by atoms with van der Waals surface area (Å²) < 4.78 is 5.46. The van der Waals surface area contributed by atoms with Gasteiger partial charge in [0.2, 0.25) is 11.8 Å². The highest BCUT2D eigenvalue weighted by atomic mass is 16.3. The van der Waals surface area contributed by atoms with Crippen molar-refractivity contribution in [2.75, 3.05) is 13.1 Å². The van der Waals surface area contributed by atoms with Gasteiger partial charge in [0.15, 0.2) is 5.82 Å². The smallest absolute Gasteiger partial charge is 0.223 e. The van der Waals surface area contributed by atoms with Crippen LogP contribution in [0.25, 0.3) is 0 Å². The Labute approximate surface area is 165 Å². The molecular weight excluding hydrogens is 358 g/mol. The van der Waals surface area contributed by atoms with E-state index in [0.717, 1.165) is 49.7 Å². The van der Waals surface area contributed by atoms with Gasteiger partial charge in [-0.3, -0.25) is 14.7 Å². The molecule has 3 rings (SSSR count). The summed E-state index contributed by atoms with van der Waals surface area (Å²) in [7, 11) is 0. The molecule has 1 aliphatic heterocycles. The van der Waals surface area contributed by atoms with E-state index in [0.29, 0.717) is 37.5 Å². The normalized spacial score (nSPS) is 16.9. The van der Waals surface area contributed by atoms with Crippen molar-refractivity contribution in [3.63, 3.8) is 0 Å². The number of aromatic amines is 1. The maximum atomic E-state index is 12.5. The number of piperidine rings is 1. The van der Waals surface area contributed by atoms with Crippen LogP contribution in [-0.2, 0) is 22.6 Å². The van der Waals surface area contributed by atoms with E-state index in [1.807, 2.05) is 30.9 Å². The van der Waals surface area contributed by atoms with Crippen LogP contribution in [0.4, 0.5) is 0 Å². The highest BCUT2D eigenvalue weighted by Crippen LogP contribution is 2.22. The van der Waals surface area contributed by atoms with Crippen molar-refractivity contribution in [1.82, 2.24) is 25.4 Å². The molecule has 1 saturated heterocycles. The summed E-state index contributed by atoms with van der Waals surface area (Å²) >= 11 is 0. The Bertz CT molecular complexity index is 797. The Morgan fingerprint density at radius 2 is 2.18 bits per heavy atom. The molecule has 1 atom stereocenters. The monoisotopic (exact) mass is 387 g/mol. The van der Waals surface area contributed by atoms with Gasteiger partial charge in [-0.15, -0.1) is 0 Å². The van der Waals surface area contributed by atoms with Crippen molar-refractivity contribution < 1.29 is 14.0 Å². The average molecular weight is 387 g/mol. The van der Waals surface area contributed by atoms with E-state index in [9.17, 15) is 9.59 Å². The zero-order valence-corrected chi connectivity index (χ0v) is 16.7. The molecule has 0 bridgehead atoms. The van der Waals surface area contributed by atoms with Crippen molar-refractivity contribution in [2.24, 2.45) is 5.92 Å². The molecule has 28 heavy (non-hydrogen) atoms. The van der Waals surface area contributed by atoms with Crippen LogP contribution in [0.15, 0.2) is 16.5 Å². The van der Waals surface area contributed by atoms with E-state index < -0.39 is 0 Å². The van der Waals surface area contributed by atoms with Gasteiger partial charge in [0.1, 0.15) is 17.3 Å². The number of carbonyl (C=O) groups is 2. The summed E-state index contributed by atoms with van der Waals surface area (Å²) in [5.41, 5.74) is 0. The summed E-state index contributed by atoms with van der Waals surface area (Å²) in [4.78, 5) is 30.8. The first-order valence-electron chi connectivity index (χ1n) is 9.97. The Kier molecular flexibility index (Phi) is 6.84. The van der Waals surface area contributed by atoms with E-state index in [1.165, 1.54) is 0 Å². The van der Waals surface area contributed by atoms with Crippen molar-refractivity contribution in [1.29, 1.82) is 0 Å². The van der Waals surface area contributed by atoms with Crippen LogP contribution in [-0.4, -0.2) is 45.0 Å². The van der Waals surface area contributed by atoms with Crippen LogP contribution < -0.4 is 5.32 Å². The quantitative estimate of drug-likeness (QED) is 0.723. The number of carbonyl (C=O) groups excluding carboxylic acids is 2. The van der Waals surface area contributed by atoms with Crippen LogP contribution in [0.5, 0.6) is 0 Å². The summed E-state index contributed by atoms with van der Waals surface area (Å²) in [6.07, 6.45) is 4.31. The van der Waals surface area contributed by atoms with Crippen molar-refractivity contribution in [2.45, 2.75) is 58.9 Å². The van der Waals surface area contributed by atoms with E-state index >= 15 is 0 Å². The van der Waals surface area contributed by atoms with Gasteiger partial charge in [-0.1, -0.05) is 0 Å². The standard InChI is InChI=1S/C20H29N5O3/c1-14-5-7-17(28-14)12-21-19(26)9-6-16-4-3-11-25(13-16)20(27)10-8-18-22-15(2)23-24-18/h5,7,16H,3-4,6,8-13H2,1-2H3,(H,21,26)(H,22,23,24). The molecule has 1 unspecified atom stereocenters. The van der Waals surface area contributed by atoms with Crippen LogP contribution in [0, 0.1) is 19.8 Å². The topological polar surface area (TPSA) is 104 Å². The first-order chi connectivity index (χ1) is 13.5. The second kappa shape index (κ2) is 9.52. The lowest BCUT2D eigenvalue weighted by atomic mass is 9.93. The van der Waals surface area contributed by atoms with Gasteiger partial charge in [0.25, 0.3) is 0 Å². The number of likely N-dealkylation sites (tertiary alicyclic amines) is 1. The summed E-state index contributed by atoms with van der Waals surface area (Å²) in [5, 5.41) is 9.77. The van der Waals surface area contributed by atoms with E-state index in [-0.39, 0.29) is 11.8 Å². The second-order valence-corrected chi connectivity index (χ2v) is 7.51. The van der Waals surface area contributed by atoms with Crippen molar-refractivity contribution >= 4 is 11.8 Å². The summed E-state index contributed by atoms with van der Waals surface area (Å²) in [5.74, 6) is 3.60. The first kappa shape index (κ1) is 20.1. The van der Waals surface area contributed by atoms with Gasteiger partial charge < -0.3 is 14.6 Å². The molecule has 2 aromatic heterocycles. The number of furan rings is 1. The number of amides is 2. The maximum Gasteiger partial charge on any atom is 0.223 e. The molecule has 0 spiro atoms. The lowest BCUT2D eigenvalue weighted by Gasteiger charge is -2.32. The molecule has 0 radical (unpaired) electrons. The lowest BCUT2D eigenvalue weighted by Crippen LogP contribution is -2.40. The highest BCUT2D eigenvalue weighted by molar-refractivity contribution is 5.77. The molecule has 1 fully saturated rings. The molecule has 0 saturated carbocycles. The van der Waals surface area contributed by atoms with Crippen LogP contribution in [0.1, 0.15) is 55.3 Å². The average Bonchev–Trinajstić information content (AvgIpc) is 3.30. The molecule has 2 N–H and O–H groups in total. The third kappa shape index (κ3) is 5.94. The third-order valence-electron chi connectivity index (χ3n) is 5.11. The minimum absolute atomic E-state index is 0.0254. The Morgan fingerprint density at radius 3 is 2.89 bits per heavy atom. The molecular formula is C20H29N5O3. The number of aryl methyl sites for hydroxylation is 3. The second-order valence-electron chi connectivity index (χ2n) is 7.51. The fraction of sp³-hybridized carbons (Fsp3) is 0.600. The SMILES string of the molecule is Cc1nc(CCC(=O)N2CCCC(CCC(=O)NCc3ccc(C)o3)C2)n[nH]1. The number of hydrogen-bond acceptors (Lipinski definition) is 5. The summed E-state index contributed by atoms with van der Waals surface area (Å²) in [6, 6.07) is 3.76. The molecule has 8 nitrogen and oxygen atoms in total. The number of H-pyrrole nitrogens is 1. The summed E-state index contributed by atoms with van der Waals surface area (Å²) in [6.45, 7) is 5.68. The molecule has 2 aromatic rings. The van der Waals surface area contributed by atoms with Gasteiger partial charge >= 0.3 is 0 Å². The predicted octanol–water partition coefficient (Wildman–Crippen LogP) is 2.28. The predicted molar refractivity (Wildman–Crippen MR) is 103 cm³/mol. The van der Waals surface area contributed by atoms with E-state index in [2.05, 4.69) is 20.5 Å². The van der Waals surface area contributed by atoms with Crippen molar-refractivity contribution in [3.05, 3.63) is 35.3 Å². The molecule has 0 aliphatic carbocycles. The Balaban J connectivity index is 1.36. The minimum Gasteiger partial charge on any atom is -0.465 e. The zero-order chi connectivity index (χ0) is 19.9. The fourth-order valence-corrected chi connectivity index (χ4v) is 3.59. The van der Waals surface area contributed by atoms with Gasteiger partial charge in [-0.05, 0) is 51.2 Å². The molecule has 8 heteroatoms. The number of hydrogen-bond donors (Lipinski definition) is 2. The van der Waals surface area contributed by atoms with E-state index in [1.54, 1.807) is 0 Å². The molecule has 3 heterocycles. The number of rotatable bonds is 8. The van der Waals surface area contributed by atoms with Gasteiger partial charge in [-0.25, -0.2) is 4.98 Å². The van der Waals surface area contributed by atoms with Gasteiger partial charge in [0.05, 0.1) is 6.54 Å². The Hall–Kier alpha value is -2.64. The third-order valence-corrected chi connectivity index (χ3v) is 5.11. The number of nitrogens with zero attached hydrogens (tertiary/aromatic N) is 3. The Morgan fingerprint density at radius 1 is 1.32 bits per heavy atom. The van der Waals surface area contributed by atoms with Gasteiger partial charge in [-0.2, -0.15) is 5.10 Å². The molecule has 152 valence electrons. The lowest BCUT2D eigenvalue weighted by molar-refractivity contribution is -0.133. The molecule has 2 amide bonds.